The lowest BCUT2D eigenvalue weighted by molar-refractivity contribution is -0.122. The van der Waals surface area contributed by atoms with Crippen molar-refractivity contribution in [3.63, 3.8) is 0 Å². The molecular weight excluding hydrogens is 480 g/mol. The number of nitrogens with one attached hydrogen (secondary N) is 1. The van der Waals surface area contributed by atoms with Gasteiger partial charge in [-0.1, -0.05) is 68.4 Å². The largest absolute Gasteiger partial charge is 0.497 e. The van der Waals surface area contributed by atoms with Gasteiger partial charge in [-0.25, -0.2) is 4.98 Å². The molecule has 1 aromatic carbocycles. The molecule has 1 aliphatic heterocycles. The summed E-state index contributed by atoms with van der Waals surface area (Å²) in [6.07, 6.45) is 7.71. The number of pyridine rings is 1. The van der Waals surface area contributed by atoms with Crippen molar-refractivity contribution >= 4 is 51.7 Å². The van der Waals surface area contributed by atoms with E-state index in [1.54, 1.807) is 36.4 Å². The molecule has 1 saturated heterocycles. The maximum absolute atomic E-state index is 13.4. The Labute approximate surface area is 214 Å². The number of amides is 1. The minimum absolute atomic E-state index is 0.220. The van der Waals surface area contributed by atoms with E-state index in [1.165, 1.54) is 22.6 Å². The maximum Gasteiger partial charge on any atom is 0.267 e. The van der Waals surface area contributed by atoms with Gasteiger partial charge in [-0.3, -0.25) is 18.9 Å². The highest BCUT2D eigenvalue weighted by Gasteiger charge is 2.32. The van der Waals surface area contributed by atoms with Crippen LogP contribution in [0.4, 0.5) is 5.82 Å². The first-order valence-electron chi connectivity index (χ1n) is 11.7. The number of thioether (sulfide) groups is 1. The van der Waals surface area contributed by atoms with E-state index in [0.717, 1.165) is 30.6 Å². The Morgan fingerprint density at radius 1 is 1.11 bits per heavy atom. The molecule has 0 bridgehead atoms. The molecule has 7 nitrogen and oxygen atoms in total. The molecule has 3 heterocycles. The van der Waals surface area contributed by atoms with Crippen LogP contribution in [0, 0.1) is 0 Å². The first-order valence-corrected chi connectivity index (χ1v) is 12.9. The third kappa shape index (κ3) is 5.74. The second kappa shape index (κ2) is 11.5. The predicted molar refractivity (Wildman–Crippen MR) is 146 cm³/mol. The highest BCUT2D eigenvalue weighted by Crippen LogP contribution is 2.34. The molecule has 3 aromatic rings. The fourth-order valence-corrected chi connectivity index (χ4v) is 5.04. The number of unbranched alkanes of at least 4 members (excludes halogenated alkanes) is 3. The molecule has 0 radical (unpaired) electrons. The van der Waals surface area contributed by atoms with E-state index < -0.39 is 0 Å². The van der Waals surface area contributed by atoms with E-state index in [4.69, 9.17) is 17.0 Å². The van der Waals surface area contributed by atoms with Gasteiger partial charge in [0.05, 0.1) is 24.1 Å². The van der Waals surface area contributed by atoms with Crippen molar-refractivity contribution in [2.24, 2.45) is 0 Å². The monoisotopic (exact) mass is 508 g/mol. The second-order valence-corrected chi connectivity index (χ2v) is 9.89. The maximum atomic E-state index is 13.4. The first-order chi connectivity index (χ1) is 17.0. The van der Waals surface area contributed by atoms with Crippen LogP contribution < -0.4 is 15.6 Å². The zero-order valence-electron chi connectivity index (χ0n) is 19.8. The minimum atomic E-state index is -0.230. The summed E-state index contributed by atoms with van der Waals surface area (Å²) < 4.78 is 7.15. The van der Waals surface area contributed by atoms with E-state index in [-0.39, 0.29) is 11.5 Å². The number of hydrogen-bond acceptors (Lipinski definition) is 7. The summed E-state index contributed by atoms with van der Waals surface area (Å²) >= 11 is 6.70. The number of fused-ring (bicyclic) bond motifs is 1. The Balaban J connectivity index is 1.62. The third-order valence-electron chi connectivity index (χ3n) is 5.74. The second-order valence-electron chi connectivity index (χ2n) is 8.21. The topological polar surface area (TPSA) is 75.9 Å². The number of rotatable bonds is 10. The van der Waals surface area contributed by atoms with Gasteiger partial charge >= 0.3 is 0 Å². The summed E-state index contributed by atoms with van der Waals surface area (Å²) in [6, 6.07) is 12.9. The summed E-state index contributed by atoms with van der Waals surface area (Å²) in [5, 5.41) is 3.32. The molecule has 0 spiro atoms. The summed E-state index contributed by atoms with van der Waals surface area (Å²) in [5.74, 6) is 1.01. The van der Waals surface area contributed by atoms with Crippen LogP contribution >= 0.6 is 24.0 Å². The smallest absolute Gasteiger partial charge is 0.267 e. The van der Waals surface area contributed by atoms with Crippen LogP contribution in [0.5, 0.6) is 5.75 Å². The van der Waals surface area contributed by atoms with E-state index in [2.05, 4.69) is 17.2 Å². The molecule has 1 fully saturated rings. The Bertz CT molecular complexity index is 1320. The van der Waals surface area contributed by atoms with Gasteiger partial charge in [-0.2, -0.15) is 0 Å². The highest BCUT2D eigenvalue weighted by atomic mass is 32.2. The molecule has 4 rings (SSSR count). The van der Waals surface area contributed by atoms with Gasteiger partial charge in [0.15, 0.2) is 0 Å². The molecule has 9 heteroatoms. The number of carbonyl (C=O) groups is 1. The van der Waals surface area contributed by atoms with Gasteiger partial charge in [0.1, 0.15) is 21.5 Å². The van der Waals surface area contributed by atoms with Crippen LogP contribution in [0.1, 0.15) is 43.7 Å². The summed E-state index contributed by atoms with van der Waals surface area (Å²) in [5.41, 5.74) is 1.62. The van der Waals surface area contributed by atoms with E-state index >= 15 is 0 Å². The highest BCUT2D eigenvalue weighted by molar-refractivity contribution is 8.26. The number of thiocarbonyl (C=S) groups is 1. The fourth-order valence-electron chi connectivity index (χ4n) is 3.81. The van der Waals surface area contributed by atoms with Crippen LogP contribution in [0.25, 0.3) is 11.7 Å². The zero-order chi connectivity index (χ0) is 24.8. The van der Waals surface area contributed by atoms with Gasteiger partial charge < -0.3 is 10.1 Å². The van der Waals surface area contributed by atoms with Gasteiger partial charge in [-0.15, -0.1) is 0 Å². The quantitative estimate of drug-likeness (QED) is 0.232. The zero-order valence-corrected chi connectivity index (χ0v) is 21.5. The molecular formula is C26H28N4O3S2. The van der Waals surface area contributed by atoms with Gasteiger partial charge in [0.25, 0.3) is 11.5 Å². The lowest BCUT2D eigenvalue weighted by Gasteiger charge is -2.14. The number of benzene rings is 1. The predicted octanol–water partition coefficient (Wildman–Crippen LogP) is 5.10. The van der Waals surface area contributed by atoms with Crippen molar-refractivity contribution in [2.45, 2.75) is 39.2 Å². The number of ether oxygens (including phenoxy) is 1. The molecule has 1 N–H and O–H groups in total. The van der Waals surface area contributed by atoms with Crippen molar-refractivity contribution in [3.05, 3.63) is 75.0 Å². The molecule has 35 heavy (non-hydrogen) atoms. The van der Waals surface area contributed by atoms with Crippen molar-refractivity contribution in [1.82, 2.24) is 14.3 Å². The van der Waals surface area contributed by atoms with Crippen molar-refractivity contribution in [2.75, 3.05) is 19.0 Å². The molecule has 0 saturated carbocycles. The molecule has 0 atom stereocenters. The number of aromatic nitrogens is 2. The number of anilines is 1. The Morgan fingerprint density at radius 2 is 1.91 bits per heavy atom. The molecule has 1 aliphatic rings. The number of methoxy groups -OCH3 is 1. The summed E-state index contributed by atoms with van der Waals surface area (Å²) in [6.45, 7) is 3.22. The van der Waals surface area contributed by atoms with Gasteiger partial charge in [0, 0.05) is 12.7 Å². The lowest BCUT2D eigenvalue weighted by atomic mass is 10.2. The van der Waals surface area contributed by atoms with E-state index in [1.807, 2.05) is 30.3 Å². The van der Waals surface area contributed by atoms with Crippen molar-refractivity contribution < 1.29 is 9.53 Å². The van der Waals surface area contributed by atoms with Gasteiger partial charge in [-0.05, 0) is 42.3 Å². The standard InChI is InChI=1S/C26H28N4O3S2/c1-3-4-5-7-14-27-23-20(24(31)29-15-8-6-9-22(29)28-23)16-21-25(32)30(26(34)35-21)17-18-10-12-19(33-2)13-11-18/h6,8-13,15-16,27H,3-5,7,14,17H2,1-2H3/b21-16+. The van der Waals surface area contributed by atoms with Crippen molar-refractivity contribution in [1.29, 1.82) is 0 Å². The average Bonchev–Trinajstić information content (AvgIpc) is 3.13. The fraction of sp³-hybridized carbons (Fsp3) is 0.308. The summed E-state index contributed by atoms with van der Waals surface area (Å²) in [4.78, 5) is 33.2. The van der Waals surface area contributed by atoms with Crippen molar-refractivity contribution in [3.8, 4) is 5.75 Å². The van der Waals surface area contributed by atoms with Crippen LogP contribution in [0.15, 0.2) is 58.4 Å². The molecule has 1 amide bonds. The number of nitrogens with zero attached hydrogens (tertiary/aromatic N) is 3. The first kappa shape index (κ1) is 24.9. The number of hydrogen-bond donors (Lipinski definition) is 1. The van der Waals surface area contributed by atoms with Crippen LogP contribution in [0.3, 0.4) is 0 Å². The Morgan fingerprint density at radius 3 is 2.66 bits per heavy atom. The average molecular weight is 509 g/mol. The molecule has 182 valence electrons. The molecule has 0 aliphatic carbocycles. The molecule has 2 aromatic heterocycles. The Hall–Kier alpha value is -3.17. The lowest BCUT2D eigenvalue weighted by Crippen LogP contribution is -2.27. The number of carbonyl (C=O) groups excluding carboxylic acids is 1. The third-order valence-corrected chi connectivity index (χ3v) is 7.12. The summed E-state index contributed by atoms with van der Waals surface area (Å²) in [7, 11) is 1.61. The minimum Gasteiger partial charge on any atom is -0.497 e. The Kier molecular flexibility index (Phi) is 8.20. The van der Waals surface area contributed by atoms with Gasteiger partial charge in [0.2, 0.25) is 0 Å². The van der Waals surface area contributed by atoms with E-state index in [0.29, 0.717) is 39.3 Å². The normalized spacial score (nSPS) is 14.8. The van der Waals surface area contributed by atoms with Crippen LogP contribution in [0.2, 0.25) is 0 Å². The van der Waals surface area contributed by atoms with E-state index in [9.17, 15) is 9.59 Å². The SMILES string of the molecule is CCCCCCNc1nc2ccccn2c(=O)c1/C=C1/SC(=S)N(Cc2ccc(OC)cc2)C1=O. The molecule has 0 unspecified atom stereocenters. The van der Waals surface area contributed by atoms with Crippen LogP contribution in [-0.4, -0.2) is 38.2 Å². The van der Waals surface area contributed by atoms with Crippen LogP contribution in [-0.2, 0) is 11.3 Å².